The highest BCUT2D eigenvalue weighted by Crippen LogP contribution is 2.23. The van der Waals surface area contributed by atoms with E-state index in [0.29, 0.717) is 35.0 Å². The van der Waals surface area contributed by atoms with E-state index in [1.165, 1.54) is 12.2 Å². The second kappa shape index (κ2) is 11.3. The van der Waals surface area contributed by atoms with Crippen LogP contribution in [0.25, 0.3) is 6.08 Å². The number of nitriles is 1. The molecule has 1 aromatic carbocycles. The molecule has 32 heavy (non-hydrogen) atoms. The number of carbonyl (C=O) groups is 3. The maximum Gasteiger partial charge on any atom is 0.244 e. The molecule has 1 unspecified atom stereocenters. The molecular formula is C23H28Cl2N4O3. The van der Waals surface area contributed by atoms with Gasteiger partial charge < -0.3 is 16.0 Å². The Morgan fingerprint density at radius 3 is 2.59 bits per heavy atom. The predicted molar refractivity (Wildman–Crippen MR) is 125 cm³/mol. The molecule has 3 N–H and O–H groups in total. The molecule has 0 aliphatic carbocycles. The van der Waals surface area contributed by atoms with Gasteiger partial charge in [-0.3, -0.25) is 14.4 Å². The van der Waals surface area contributed by atoms with Gasteiger partial charge in [0.25, 0.3) is 0 Å². The van der Waals surface area contributed by atoms with Gasteiger partial charge in [-0.2, -0.15) is 5.26 Å². The number of benzene rings is 1. The van der Waals surface area contributed by atoms with E-state index in [-0.39, 0.29) is 23.7 Å². The minimum absolute atomic E-state index is 0.106. The maximum atomic E-state index is 12.9. The number of hydrogen-bond acceptors (Lipinski definition) is 4. The van der Waals surface area contributed by atoms with Gasteiger partial charge in [0.15, 0.2) is 0 Å². The van der Waals surface area contributed by atoms with E-state index in [1.807, 2.05) is 26.8 Å². The Kier molecular flexibility index (Phi) is 9.11. The van der Waals surface area contributed by atoms with E-state index in [9.17, 15) is 19.6 Å². The van der Waals surface area contributed by atoms with Crippen LogP contribution in [-0.2, 0) is 14.4 Å². The number of hydrogen-bond donors (Lipinski definition) is 3. The van der Waals surface area contributed by atoms with Crippen LogP contribution in [0.1, 0.15) is 45.6 Å². The topological polar surface area (TPSA) is 111 Å². The average Bonchev–Trinajstić information content (AvgIpc) is 3.09. The third-order valence-electron chi connectivity index (χ3n) is 4.98. The molecule has 0 spiro atoms. The fourth-order valence-corrected chi connectivity index (χ4v) is 3.89. The molecular weight excluding hydrogens is 451 g/mol. The third-order valence-corrected chi connectivity index (χ3v) is 5.54. The van der Waals surface area contributed by atoms with E-state index < -0.39 is 23.9 Å². The monoisotopic (exact) mass is 478 g/mol. The van der Waals surface area contributed by atoms with Crippen LogP contribution in [0.4, 0.5) is 0 Å². The lowest BCUT2D eigenvalue weighted by Crippen LogP contribution is -2.50. The molecule has 0 bridgehead atoms. The van der Waals surface area contributed by atoms with Gasteiger partial charge in [0.05, 0.1) is 6.07 Å². The average molecular weight is 479 g/mol. The number of amides is 3. The lowest BCUT2D eigenvalue weighted by atomic mass is 9.87. The van der Waals surface area contributed by atoms with Crippen molar-refractivity contribution >= 4 is 47.0 Å². The fourth-order valence-electron chi connectivity index (χ4n) is 3.41. The molecule has 0 aromatic heterocycles. The third kappa shape index (κ3) is 8.18. The first-order chi connectivity index (χ1) is 15.0. The van der Waals surface area contributed by atoms with Crippen LogP contribution in [-0.4, -0.2) is 36.3 Å². The van der Waals surface area contributed by atoms with E-state index >= 15 is 0 Å². The highest BCUT2D eigenvalue weighted by molar-refractivity contribution is 6.35. The second-order valence-electron chi connectivity index (χ2n) is 9.03. The summed E-state index contributed by atoms with van der Waals surface area (Å²) >= 11 is 12.0. The lowest BCUT2D eigenvalue weighted by Gasteiger charge is -2.27. The van der Waals surface area contributed by atoms with E-state index in [2.05, 4.69) is 16.0 Å². The van der Waals surface area contributed by atoms with Crippen LogP contribution in [0, 0.1) is 22.7 Å². The van der Waals surface area contributed by atoms with Gasteiger partial charge in [0, 0.05) is 28.6 Å². The van der Waals surface area contributed by atoms with Crippen LogP contribution in [0.15, 0.2) is 24.3 Å². The Labute approximate surface area is 198 Å². The van der Waals surface area contributed by atoms with Crippen molar-refractivity contribution in [3.05, 3.63) is 39.9 Å². The number of carbonyl (C=O) groups excluding carboxylic acids is 3. The minimum Gasteiger partial charge on any atom is -0.356 e. The van der Waals surface area contributed by atoms with Crippen LogP contribution in [0.3, 0.4) is 0 Å². The van der Waals surface area contributed by atoms with Crippen molar-refractivity contribution in [2.45, 2.75) is 52.1 Å². The lowest BCUT2D eigenvalue weighted by molar-refractivity contribution is -0.128. The predicted octanol–water partition coefficient (Wildman–Crippen LogP) is 3.46. The van der Waals surface area contributed by atoms with E-state index in [4.69, 9.17) is 23.2 Å². The number of nitrogens with zero attached hydrogens (tertiary/aromatic N) is 1. The van der Waals surface area contributed by atoms with Gasteiger partial charge in [-0.05, 0) is 48.4 Å². The quantitative estimate of drug-likeness (QED) is 0.496. The van der Waals surface area contributed by atoms with Gasteiger partial charge >= 0.3 is 0 Å². The van der Waals surface area contributed by atoms with Crippen LogP contribution in [0.5, 0.6) is 0 Å². The Balaban J connectivity index is 2.06. The molecule has 3 atom stereocenters. The Hall–Kier alpha value is -2.56. The second-order valence-corrected chi connectivity index (χ2v) is 9.87. The van der Waals surface area contributed by atoms with Gasteiger partial charge in [-0.1, -0.05) is 50.0 Å². The van der Waals surface area contributed by atoms with Crippen molar-refractivity contribution in [2.75, 3.05) is 6.54 Å². The van der Waals surface area contributed by atoms with Crippen molar-refractivity contribution < 1.29 is 14.4 Å². The smallest absolute Gasteiger partial charge is 0.244 e. The van der Waals surface area contributed by atoms with Crippen molar-refractivity contribution in [2.24, 2.45) is 11.3 Å². The molecule has 7 nitrogen and oxygen atoms in total. The molecule has 1 aromatic rings. The summed E-state index contributed by atoms with van der Waals surface area (Å²) in [7, 11) is 0. The summed E-state index contributed by atoms with van der Waals surface area (Å²) in [5, 5.41) is 18.5. The molecule has 1 heterocycles. The minimum atomic E-state index is -0.846. The summed E-state index contributed by atoms with van der Waals surface area (Å²) in [6.45, 7) is 6.43. The van der Waals surface area contributed by atoms with Crippen LogP contribution in [0.2, 0.25) is 10.0 Å². The van der Waals surface area contributed by atoms with Gasteiger partial charge in [0.1, 0.15) is 12.1 Å². The molecule has 1 fully saturated rings. The first-order valence-electron chi connectivity index (χ1n) is 10.4. The van der Waals surface area contributed by atoms with Gasteiger partial charge in [0.2, 0.25) is 17.7 Å². The SMILES string of the molecule is CC(C)(C)C[C@H](NC(=O)/C=C/c1ccc(Cl)cc1Cl)C(=O)NC(C#N)C[C@@H]1CCNC1=O. The maximum absolute atomic E-state index is 12.9. The summed E-state index contributed by atoms with van der Waals surface area (Å²) in [5.41, 5.74) is 0.355. The number of nitrogens with one attached hydrogen (secondary N) is 3. The Morgan fingerprint density at radius 2 is 2.03 bits per heavy atom. The Morgan fingerprint density at radius 1 is 1.31 bits per heavy atom. The molecule has 9 heteroatoms. The molecule has 172 valence electrons. The zero-order valence-electron chi connectivity index (χ0n) is 18.4. The van der Waals surface area contributed by atoms with Gasteiger partial charge in [-0.25, -0.2) is 0 Å². The summed E-state index contributed by atoms with van der Waals surface area (Å²) < 4.78 is 0. The summed E-state index contributed by atoms with van der Waals surface area (Å²) in [4.78, 5) is 37.2. The fraction of sp³-hybridized carbons (Fsp3) is 0.478. The highest BCUT2D eigenvalue weighted by atomic mass is 35.5. The molecule has 0 saturated carbocycles. The van der Waals surface area contributed by atoms with E-state index in [1.54, 1.807) is 18.2 Å². The summed E-state index contributed by atoms with van der Waals surface area (Å²) in [5.74, 6) is -1.34. The zero-order valence-corrected chi connectivity index (χ0v) is 19.9. The number of rotatable bonds is 8. The van der Waals surface area contributed by atoms with Crippen molar-refractivity contribution in [3.63, 3.8) is 0 Å². The molecule has 1 aliphatic rings. The normalized spacial score (nSPS) is 18.0. The Bertz CT molecular complexity index is 934. The first-order valence-corrected chi connectivity index (χ1v) is 11.2. The van der Waals surface area contributed by atoms with Crippen LogP contribution >= 0.6 is 23.2 Å². The summed E-state index contributed by atoms with van der Waals surface area (Å²) in [6.07, 6.45) is 4.06. The molecule has 1 saturated heterocycles. The van der Waals surface area contributed by atoms with E-state index in [0.717, 1.165) is 0 Å². The van der Waals surface area contributed by atoms with Crippen molar-refractivity contribution in [3.8, 4) is 6.07 Å². The molecule has 1 aliphatic heterocycles. The number of halogens is 2. The standard InChI is InChI=1S/C23H28Cl2N4O3/c1-23(2,3)12-19(22(32)28-17(13-26)10-15-8-9-27-21(15)31)29-20(30)7-5-14-4-6-16(24)11-18(14)25/h4-7,11,15,17,19H,8-10,12H2,1-3H3,(H,27,31)(H,28,32)(H,29,30)/b7-5+/t15-,17?,19-/m0/s1. The molecule has 3 amide bonds. The van der Waals surface area contributed by atoms with Crippen molar-refractivity contribution in [1.29, 1.82) is 5.26 Å². The van der Waals surface area contributed by atoms with Gasteiger partial charge in [-0.15, -0.1) is 0 Å². The zero-order chi connectivity index (χ0) is 23.9. The highest BCUT2D eigenvalue weighted by Gasteiger charge is 2.31. The van der Waals surface area contributed by atoms with Crippen LogP contribution < -0.4 is 16.0 Å². The molecule has 2 rings (SSSR count). The summed E-state index contributed by atoms with van der Waals surface area (Å²) in [6, 6.07) is 5.30. The largest absolute Gasteiger partial charge is 0.356 e. The van der Waals surface area contributed by atoms with Crippen molar-refractivity contribution in [1.82, 2.24) is 16.0 Å². The first kappa shape index (κ1) is 25.7. The molecule has 0 radical (unpaired) electrons.